The predicted molar refractivity (Wildman–Crippen MR) is 110 cm³/mol. The summed E-state index contributed by atoms with van der Waals surface area (Å²) in [4.78, 5) is 26.1. The fourth-order valence-electron chi connectivity index (χ4n) is 2.95. The molecule has 1 amide bonds. The molecule has 1 aliphatic carbocycles. The Morgan fingerprint density at radius 3 is 2.78 bits per heavy atom. The third kappa shape index (κ3) is 5.20. The van der Waals surface area contributed by atoms with Crippen LogP contribution in [-0.2, 0) is 22.4 Å². The fourth-order valence-corrected chi connectivity index (χ4v) is 5.89. The molecule has 3 rings (SSSR count). The highest BCUT2D eigenvalue weighted by atomic mass is 32.2. The Hall–Kier alpha value is -1.65. The Bertz CT molecular complexity index is 818. The Morgan fingerprint density at radius 2 is 2.04 bits per heavy atom. The lowest BCUT2D eigenvalue weighted by molar-refractivity contribution is -0.115. The highest BCUT2D eigenvalue weighted by Gasteiger charge is 2.26. The van der Waals surface area contributed by atoms with Gasteiger partial charge in [-0.3, -0.25) is 4.79 Å². The van der Waals surface area contributed by atoms with Crippen molar-refractivity contribution < 1.29 is 14.3 Å². The van der Waals surface area contributed by atoms with Crippen LogP contribution in [0.25, 0.3) is 0 Å². The molecule has 27 heavy (non-hydrogen) atoms. The second kappa shape index (κ2) is 9.52. The molecular formula is C17H22N4O3S3. The van der Waals surface area contributed by atoms with Gasteiger partial charge in [0.05, 0.1) is 12.2 Å². The van der Waals surface area contributed by atoms with Crippen LogP contribution in [0.2, 0.25) is 0 Å². The molecule has 146 valence electrons. The SMILES string of the molecule is CCOC(=O)c1c(NC(=O)CCSc2nnc(N)s2)sc2c1CCCCC2. The second-order valence-corrected chi connectivity index (χ2v) is 9.50. The van der Waals surface area contributed by atoms with Gasteiger partial charge in [-0.05, 0) is 38.2 Å². The topological polar surface area (TPSA) is 107 Å². The van der Waals surface area contributed by atoms with E-state index in [2.05, 4.69) is 15.5 Å². The lowest BCUT2D eigenvalue weighted by Crippen LogP contribution is -2.15. The molecule has 0 atom stereocenters. The third-order valence-electron chi connectivity index (χ3n) is 4.13. The van der Waals surface area contributed by atoms with Gasteiger partial charge in [-0.2, -0.15) is 0 Å². The summed E-state index contributed by atoms with van der Waals surface area (Å²) in [7, 11) is 0. The van der Waals surface area contributed by atoms with E-state index in [-0.39, 0.29) is 11.9 Å². The summed E-state index contributed by atoms with van der Waals surface area (Å²) in [6, 6.07) is 0. The van der Waals surface area contributed by atoms with Gasteiger partial charge in [-0.1, -0.05) is 29.5 Å². The molecule has 0 bridgehead atoms. The lowest BCUT2D eigenvalue weighted by Gasteiger charge is -2.08. The molecule has 7 nitrogen and oxygen atoms in total. The van der Waals surface area contributed by atoms with Crippen molar-refractivity contribution in [1.82, 2.24) is 10.2 Å². The zero-order valence-corrected chi connectivity index (χ0v) is 17.5. The van der Waals surface area contributed by atoms with Gasteiger partial charge in [0, 0.05) is 17.1 Å². The van der Waals surface area contributed by atoms with Crippen LogP contribution in [-0.4, -0.2) is 34.4 Å². The molecule has 1 aliphatic rings. The summed E-state index contributed by atoms with van der Waals surface area (Å²) in [6.07, 6.45) is 5.48. The first-order valence-electron chi connectivity index (χ1n) is 8.91. The van der Waals surface area contributed by atoms with E-state index in [1.807, 2.05) is 0 Å². The number of hydrogen-bond donors (Lipinski definition) is 2. The number of esters is 1. The summed E-state index contributed by atoms with van der Waals surface area (Å²) >= 11 is 4.26. The third-order valence-corrected chi connectivity index (χ3v) is 7.23. The quantitative estimate of drug-likeness (QED) is 0.394. The first-order valence-corrected chi connectivity index (χ1v) is 11.5. The van der Waals surface area contributed by atoms with Crippen molar-refractivity contribution >= 4 is 56.4 Å². The summed E-state index contributed by atoms with van der Waals surface area (Å²) in [6.45, 7) is 2.11. The molecule has 3 N–H and O–H groups in total. The molecular weight excluding hydrogens is 404 g/mol. The van der Waals surface area contributed by atoms with Crippen molar-refractivity contribution in [1.29, 1.82) is 0 Å². The van der Waals surface area contributed by atoms with Crippen LogP contribution in [0.4, 0.5) is 10.1 Å². The van der Waals surface area contributed by atoms with Crippen molar-refractivity contribution in [3.05, 3.63) is 16.0 Å². The van der Waals surface area contributed by atoms with Crippen molar-refractivity contribution in [2.45, 2.75) is 49.8 Å². The Labute approximate surface area is 170 Å². The molecule has 0 radical (unpaired) electrons. The number of carbonyl (C=O) groups is 2. The van der Waals surface area contributed by atoms with E-state index in [0.717, 1.165) is 35.6 Å². The molecule has 0 saturated carbocycles. The number of anilines is 2. The number of thiophene rings is 1. The van der Waals surface area contributed by atoms with E-state index in [1.165, 1.54) is 45.7 Å². The van der Waals surface area contributed by atoms with Gasteiger partial charge < -0.3 is 15.8 Å². The van der Waals surface area contributed by atoms with Crippen molar-refractivity contribution in [2.24, 2.45) is 0 Å². The molecule has 2 heterocycles. The summed E-state index contributed by atoms with van der Waals surface area (Å²) < 4.78 is 5.99. The molecule has 2 aromatic heterocycles. The highest BCUT2D eigenvalue weighted by molar-refractivity contribution is 8.01. The minimum atomic E-state index is -0.342. The molecule has 0 saturated heterocycles. The Balaban J connectivity index is 1.67. The maximum Gasteiger partial charge on any atom is 0.341 e. The normalized spacial score (nSPS) is 13.7. The number of nitrogens with one attached hydrogen (secondary N) is 1. The minimum Gasteiger partial charge on any atom is -0.462 e. The van der Waals surface area contributed by atoms with Crippen LogP contribution in [0.3, 0.4) is 0 Å². The zero-order chi connectivity index (χ0) is 19.2. The average molecular weight is 427 g/mol. The number of thioether (sulfide) groups is 1. The number of rotatable bonds is 7. The highest BCUT2D eigenvalue weighted by Crippen LogP contribution is 2.38. The average Bonchev–Trinajstić information content (AvgIpc) is 3.10. The molecule has 0 spiro atoms. The summed E-state index contributed by atoms with van der Waals surface area (Å²) in [5.74, 6) is 0.105. The Morgan fingerprint density at radius 1 is 1.22 bits per heavy atom. The smallest absolute Gasteiger partial charge is 0.341 e. The minimum absolute atomic E-state index is 0.123. The van der Waals surface area contributed by atoms with Crippen LogP contribution in [0.15, 0.2) is 4.34 Å². The Kier molecular flexibility index (Phi) is 7.08. The van der Waals surface area contributed by atoms with Crippen LogP contribution in [0.5, 0.6) is 0 Å². The van der Waals surface area contributed by atoms with Crippen LogP contribution in [0.1, 0.15) is 53.4 Å². The summed E-state index contributed by atoms with van der Waals surface area (Å²) in [5.41, 5.74) is 7.16. The van der Waals surface area contributed by atoms with E-state index in [4.69, 9.17) is 10.5 Å². The van der Waals surface area contributed by atoms with Crippen molar-refractivity contribution in [3.63, 3.8) is 0 Å². The first-order chi connectivity index (χ1) is 13.1. The van der Waals surface area contributed by atoms with E-state index in [0.29, 0.717) is 34.5 Å². The van der Waals surface area contributed by atoms with Crippen LogP contribution in [0, 0.1) is 0 Å². The number of nitrogen functional groups attached to an aromatic ring is 1. The number of nitrogens with two attached hydrogens (primary N) is 1. The van der Waals surface area contributed by atoms with Gasteiger partial charge in [0.2, 0.25) is 11.0 Å². The standard InChI is InChI=1S/C17H22N4O3S3/c1-2-24-15(23)13-10-6-4-3-5-7-11(10)26-14(13)19-12(22)8-9-25-17-21-20-16(18)27-17/h2-9H2,1H3,(H2,18,20)(H,19,22). The van der Waals surface area contributed by atoms with Gasteiger partial charge in [-0.25, -0.2) is 4.79 Å². The largest absolute Gasteiger partial charge is 0.462 e. The molecule has 0 unspecified atom stereocenters. The number of nitrogens with zero attached hydrogens (tertiary/aromatic N) is 2. The van der Waals surface area contributed by atoms with E-state index >= 15 is 0 Å². The van der Waals surface area contributed by atoms with Gasteiger partial charge >= 0.3 is 5.97 Å². The maximum absolute atomic E-state index is 12.5. The first kappa shape index (κ1) is 20.1. The fraction of sp³-hybridized carbons (Fsp3) is 0.529. The molecule has 10 heteroatoms. The number of ether oxygens (including phenoxy) is 1. The van der Waals surface area contributed by atoms with Crippen LogP contribution < -0.4 is 11.1 Å². The number of fused-ring (bicyclic) bond motifs is 1. The number of carbonyl (C=O) groups excluding carboxylic acids is 2. The monoisotopic (exact) mass is 426 g/mol. The number of aromatic nitrogens is 2. The van der Waals surface area contributed by atoms with E-state index in [9.17, 15) is 9.59 Å². The van der Waals surface area contributed by atoms with E-state index < -0.39 is 0 Å². The molecule has 2 aromatic rings. The van der Waals surface area contributed by atoms with Gasteiger partial charge in [0.25, 0.3) is 0 Å². The van der Waals surface area contributed by atoms with Crippen molar-refractivity contribution in [3.8, 4) is 0 Å². The van der Waals surface area contributed by atoms with Crippen molar-refractivity contribution in [2.75, 3.05) is 23.4 Å². The molecule has 0 fully saturated rings. The number of hydrogen-bond acceptors (Lipinski definition) is 9. The van der Waals surface area contributed by atoms with Gasteiger partial charge in [0.15, 0.2) is 4.34 Å². The summed E-state index contributed by atoms with van der Waals surface area (Å²) in [5, 5.41) is 11.6. The van der Waals surface area contributed by atoms with E-state index in [1.54, 1.807) is 6.92 Å². The predicted octanol–water partition coefficient (Wildman–Crippen LogP) is 3.75. The second-order valence-electron chi connectivity index (χ2n) is 6.04. The number of aryl methyl sites for hydroxylation is 1. The molecule has 0 aromatic carbocycles. The number of amides is 1. The molecule has 0 aliphatic heterocycles. The van der Waals surface area contributed by atoms with Gasteiger partial charge in [-0.15, -0.1) is 21.5 Å². The van der Waals surface area contributed by atoms with Crippen LogP contribution >= 0.6 is 34.4 Å². The zero-order valence-electron chi connectivity index (χ0n) is 15.1. The lowest BCUT2D eigenvalue weighted by atomic mass is 10.1. The van der Waals surface area contributed by atoms with Gasteiger partial charge in [0.1, 0.15) is 5.00 Å². The maximum atomic E-state index is 12.5.